The Hall–Kier alpha value is -1.65. The zero-order valence-electron chi connectivity index (χ0n) is 11.4. The molecular formula is C15H18N2OS. The summed E-state index contributed by atoms with van der Waals surface area (Å²) in [4.78, 5) is 13.0. The highest BCUT2D eigenvalue weighted by atomic mass is 32.1. The molecule has 1 unspecified atom stereocenters. The van der Waals surface area contributed by atoms with Gasteiger partial charge < -0.3 is 11.1 Å². The Kier molecular flexibility index (Phi) is 4.02. The lowest BCUT2D eigenvalue weighted by Crippen LogP contribution is -2.27. The van der Waals surface area contributed by atoms with Gasteiger partial charge >= 0.3 is 0 Å². The van der Waals surface area contributed by atoms with Crippen LogP contribution in [0, 0.1) is 20.8 Å². The largest absolute Gasteiger partial charge is 0.324 e. The van der Waals surface area contributed by atoms with E-state index in [4.69, 9.17) is 5.73 Å². The topological polar surface area (TPSA) is 55.1 Å². The Morgan fingerprint density at radius 2 is 1.89 bits per heavy atom. The third-order valence-electron chi connectivity index (χ3n) is 3.06. The summed E-state index contributed by atoms with van der Waals surface area (Å²) in [5.74, 6) is -0.169. The van der Waals surface area contributed by atoms with E-state index < -0.39 is 6.04 Å². The van der Waals surface area contributed by atoms with Gasteiger partial charge in [0.05, 0.1) is 0 Å². The average molecular weight is 274 g/mol. The van der Waals surface area contributed by atoms with Gasteiger partial charge in [-0.2, -0.15) is 0 Å². The fourth-order valence-electron chi connectivity index (χ4n) is 2.18. The molecule has 4 heteroatoms. The number of benzene rings is 1. The van der Waals surface area contributed by atoms with Gasteiger partial charge in [-0.05, 0) is 43.3 Å². The van der Waals surface area contributed by atoms with Crippen LogP contribution in [0.2, 0.25) is 0 Å². The minimum Gasteiger partial charge on any atom is -0.324 e. The molecule has 1 aromatic carbocycles. The van der Waals surface area contributed by atoms with Crippen molar-refractivity contribution in [1.82, 2.24) is 0 Å². The van der Waals surface area contributed by atoms with Crippen LogP contribution in [-0.2, 0) is 4.79 Å². The quantitative estimate of drug-likeness (QED) is 0.902. The first-order valence-corrected chi connectivity index (χ1v) is 7.04. The van der Waals surface area contributed by atoms with Crippen LogP contribution < -0.4 is 11.1 Å². The number of thiophene rings is 1. The van der Waals surface area contributed by atoms with Crippen LogP contribution in [0.4, 0.5) is 5.69 Å². The number of carbonyl (C=O) groups excluding carboxylic acids is 1. The summed E-state index contributed by atoms with van der Waals surface area (Å²) in [6, 6.07) is 7.28. The zero-order valence-corrected chi connectivity index (χ0v) is 12.2. The summed E-state index contributed by atoms with van der Waals surface area (Å²) in [5.41, 5.74) is 10.1. The second-order valence-corrected chi connectivity index (χ2v) is 5.74. The molecule has 2 rings (SSSR count). The van der Waals surface area contributed by atoms with Crippen molar-refractivity contribution in [2.45, 2.75) is 26.8 Å². The lowest BCUT2D eigenvalue weighted by atomic mass is 10.0. The number of hydrogen-bond acceptors (Lipinski definition) is 3. The van der Waals surface area contributed by atoms with Gasteiger partial charge in [0, 0.05) is 10.6 Å². The minimum absolute atomic E-state index is 0.169. The molecule has 0 fully saturated rings. The predicted octanol–water partition coefficient (Wildman–Crippen LogP) is 3.31. The molecule has 2 aromatic rings. The second-order valence-electron chi connectivity index (χ2n) is 4.76. The van der Waals surface area contributed by atoms with E-state index in [1.165, 1.54) is 16.9 Å². The van der Waals surface area contributed by atoms with E-state index in [1.807, 2.05) is 38.3 Å². The Morgan fingerprint density at radius 1 is 1.26 bits per heavy atom. The lowest BCUT2D eigenvalue weighted by Gasteiger charge is -2.15. The number of aryl methyl sites for hydroxylation is 3. The van der Waals surface area contributed by atoms with E-state index in [9.17, 15) is 4.79 Å². The van der Waals surface area contributed by atoms with Crippen molar-refractivity contribution < 1.29 is 4.79 Å². The van der Waals surface area contributed by atoms with Crippen molar-refractivity contribution in [2.75, 3.05) is 5.32 Å². The lowest BCUT2D eigenvalue weighted by molar-refractivity contribution is -0.117. The monoisotopic (exact) mass is 274 g/mol. The van der Waals surface area contributed by atoms with Crippen LogP contribution in [0.1, 0.15) is 27.6 Å². The normalized spacial score (nSPS) is 12.2. The van der Waals surface area contributed by atoms with Crippen LogP contribution in [0.5, 0.6) is 0 Å². The van der Waals surface area contributed by atoms with Crippen molar-refractivity contribution in [1.29, 1.82) is 0 Å². The molecule has 100 valence electrons. The zero-order chi connectivity index (χ0) is 14.0. The fourth-order valence-corrected chi connectivity index (χ4v) is 2.90. The highest BCUT2D eigenvalue weighted by molar-refractivity contribution is 7.10. The van der Waals surface area contributed by atoms with Crippen LogP contribution in [0.15, 0.2) is 29.6 Å². The van der Waals surface area contributed by atoms with Crippen LogP contribution in [0.3, 0.4) is 0 Å². The maximum Gasteiger partial charge on any atom is 0.246 e. The van der Waals surface area contributed by atoms with Gasteiger partial charge in [-0.25, -0.2) is 0 Å². The third kappa shape index (κ3) is 3.03. The molecule has 1 amide bonds. The molecule has 0 saturated carbocycles. The van der Waals surface area contributed by atoms with Crippen LogP contribution >= 0.6 is 11.3 Å². The van der Waals surface area contributed by atoms with E-state index >= 15 is 0 Å². The molecule has 0 radical (unpaired) electrons. The molecule has 19 heavy (non-hydrogen) atoms. The third-order valence-corrected chi connectivity index (χ3v) is 4.01. The summed E-state index contributed by atoms with van der Waals surface area (Å²) in [6.45, 7) is 6.03. The van der Waals surface area contributed by atoms with Gasteiger partial charge in [0.25, 0.3) is 0 Å². The standard InChI is InChI=1S/C15H18N2OS/c1-9-7-10(2)14(11(3)8-9)17-15(18)13(16)12-5-4-6-19-12/h4-8,13H,16H2,1-3H3,(H,17,18). The fraction of sp³-hybridized carbons (Fsp3) is 0.267. The first-order chi connectivity index (χ1) is 8.99. The van der Waals surface area contributed by atoms with E-state index in [0.717, 1.165) is 21.7 Å². The van der Waals surface area contributed by atoms with Crippen molar-refractivity contribution in [2.24, 2.45) is 5.73 Å². The second kappa shape index (κ2) is 5.55. The maximum absolute atomic E-state index is 12.2. The van der Waals surface area contributed by atoms with Gasteiger partial charge in [-0.15, -0.1) is 11.3 Å². The van der Waals surface area contributed by atoms with Gasteiger partial charge in [0.2, 0.25) is 5.91 Å². The van der Waals surface area contributed by atoms with Crippen molar-refractivity contribution in [3.8, 4) is 0 Å². The number of carbonyl (C=O) groups is 1. The highest BCUT2D eigenvalue weighted by Gasteiger charge is 2.18. The summed E-state index contributed by atoms with van der Waals surface area (Å²) in [5, 5.41) is 4.86. The van der Waals surface area contributed by atoms with Crippen molar-refractivity contribution in [3.63, 3.8) is 0 Å². The SMILES string of the molecule is Cc1cc(C)c(NC(=O)C(N)c2cccs2)c(C)c1. The number of nitrogens with two attached hydrogens (primary N) is 1. The number of amides is 1. The molecule has 0 saturated heterocycles. The number of rotatable bonds is 3. The Morgan fingerprint density at radius 3 is 2.42 bits per heavy atom. The summed E-state index contributed by atoms with van der Waals surface area (Å²) in [7, 11) is 0. The summed E-state index contributed by atoms with van der Waals surface area (Å²) < 4.78 is 0. The smallest absolute Gasteiger partial charge is 0.246 e. The molecule has 0 spiro atoms. The summed E-state index contributed by atoms with van der Waals surface area (Å²) >= 11 is 1.49. The molecule has 0 aliphatic rings. The molecule has 1 heterocycles. The molecule has 3 nitrogen and oxygen atoms in total. The number of nitrogens with one attached hydrogen (secondary N) is 1. The summed E-state index contributed by atoms with van der Waals surface area (Å²) in [6.07, 6.45) is 0. The van der Waals surface area contributed by atoms with E-state index in [2.05, 4.69) is 17.4 Å². The first kappa shape index (κ1) is 13.8. The molecule has 0 aliphatic heterocycles. The molecular weight excluding hydrogens is 256 g/mol. The molecule has 1 aromatic heterocycles. The van der Waals surface area contributed by atoms with Crippen LogP contribution in [0.25, 0.3) is 0 Å². The highest BCUT2D eigenvalue weighted by Crippen LogP contribution is 2.24. The minimum atomic E-state index is -0.611. The van der Waals surface area contributed by atoms with E-state index in [0.29, 0.717) is 0 Å². The Labute approximate surface area is 117 Å². The predicted molar refractivity (Wildman–Crippen MR) is 80.5 cm³/mol. The Balaban J connectivity index is 2.20. The van der Waals surface area contributed by atoms with Crippen molar-refractivity contribution >= 4 is 22.9 Å². The molecule has 3 N–H and O–H groups in total. The first-order valence-electron chi connectivity index (χ1n) is 6.16. The number of hydrogen-bond donors (Lipinski definition) is 2. The number of anilines is 1. The maximum atomic E-state index is 12.2. The molecule has 0 aliphatic carbocycles. The molecule has 0 bridgehead atoms. The van der Waals surface area contributed by atoms with E-state index in [-0.39, 0.29) is 5.91 Å². The van der Waals surface area contributed by atoms with Crippen LogP contribution in [-0.4, -0.2) is 5.91 Å². The van der Waals surface area contributed by atoms with Crippen molar-refractivity contribution in [3.05, 3.63) is 51.2 Å². The van der Waals surface area contributed by atoms with E-state index in [1.54, 1.807) is 0 Å². The van der Waals surface area contributed by atoms with Gasteiger partial charge in [-0.1, -0.05) is 23.8 Å². The molecule has 1 atom stereocenters. The van der Waals surface area contributed by atoms with Gasteiger partial charge in [0.15, 0.2) is 0 Å². The Bertz CT molecular complexity index is 567. The van der Waals surface area contributed by atoms with Gasteiger partial charge in [0.1, 0.15) is 6.04 Å². The average Bonchev–Trinajstić information content (AvgIpc) is 2.86. The van der Waals surface area contributed by atoms with Gasteiger partial charge in [-0.3, -0.25) is 4.79 Å².